The Kier molecular flexibility index (Phi) is 22.4. The Hall–Kier alpha value is 0.359. The third kappa shape index (κ3) is 33.7. The van der Waals surface area contributed by atoms with Gasteiger partial charge in [-0.15, -0.1) is 0 Å². The van der Waals surface area contributed by atoms with Gasteiger partial charge in [0.1, 0.15) is 0 Å². The first-order chi connectivity index (χ1) is 1.41. The quantitative estimate of drug-likeness (QED) is 0.411. The first kappa shape index (κ1) is 8.84. The molecule has 0 saturated carbocycles. The normalized spacial score (nSPS) is 2.00. The fourth-order valence-corrected chi connectivity index (χ4v) is 0. The molecule has 0 aliphatic rings. The Morgan fingerprint density at radius 2 is 1.75 bits per heavy atom. The second kappa shape index (κ2) is 10.1. The Balaban J connectivity index is 0. The summed E-state index contributed by atoms with van der Waals surface area (Å²) < 4.78 is 0. The molecule has 0 bridgehead atoms. The molecule has 0 aliphatic carbocycles. The Labute approximate surface area is 40.3 Å². The van der Waals surface area contributed by atoms with Gasteiger partial charge in [-0.1, -0.05) is 0 Å². The average molecular weight is 115 g/mol. The molecule has 0 aromatic carbocycles. The van der Waals surface area contributed by atoms with Crippen molar-refractivity contribution in [3.05, 3.63) is 0 Å². The van der Waals surface area contributed by atoms with Crippen LogP contribution in [-0.2, 0) is 16.0 Å². The van der Waals surface area contributed by atoms with Crippen molar-refractivity contribution in [3.8, 4) is 4.97 Å². The van der Waals surface area contributed by atoms with E-state index in [2.05, 4.69) is 16.0 Å². The van der Waals surface area contributed by atoms with E-state index < -0.39 is 0 Å². The van der Waals surface area contributed by atoms with Crippen LogP contribution in [0, 0.1) is 10.2 Å². The molecular weight excluding hydrogens is 113 g/mol. The van der Waals surface area contributed by atoms with Crippen LogP contribution in [0.2, 0.25) is 0 Å². The maximum Gasteiger partial charge on any atom is -0.197 e. The van der Waals surface area contributed by atoms with Crippen LogP contribution in [0.1, 0.15) is 0 Å². The first-order valence-corrected chi connectivity index (χ1v) is 1.00. The average Bonchev–Trinajstić information content (AvgIpc) is 0.918. The number of hydrogen-bond acceptors (Lipinski definition) is 1. The van der Waals surface area contributed by atoms with Crippen molar-refractivity contribution < 1.29 is 16.0 Å². The maximum absolute atomic E-state index is 7.24. The van der Waals surface area contributed by atoms with Crippen molar-refractivity contribution >= 4 is 13.5 Å². The zero-order valence-corrected chi connectivity index (χ0v) is 4.01. The Morgan fingerprint density at radius 3 is 1.75 bits per heavy atom. The van der Waals surface area contributed by atoms with Gasteiger partial charge < -0.3 is 0 Å². The summed E-state index contributed by atoms with van der Waals surface area (Å²) in [6.45, 7) is 0. The molecule has 0 fully saturated rings. The fraction of sp³-hybridized carbons (Fsp3) is 0. The summed E-state index contributed by atoms with van der Waals surface area (Å²) in [4.78, 5) is 1.56. The van der Waals surface area contributed by atoms with Crippen molar-refractivity contribution in [2.45, 2.75) is 0 Å². The predicted octanol–water partition coefficient (Wildman–Crippen LogP) is 0.127. The van der Waals surface area contributed by atoms with Crippen LogP contribution >= 0.6 is 13.5 Å². The summed E-state index contributed by atoms with van der Waals surface area (Å²) >= 11 is 2.45. The van der Waals surface area contributed by atoms with Crippen LogP contribution in [0.3, 0.4) is 0 Å². The molecule has 0 rings (SSSR count). The van der Waals surface area contributed by atoms with E-state index >= 15 is 0 Å². The fourth-order valence-electron chi connectivity index (χ4n) is 0. The van der Waals surface area contributed by atoms with Gasteiger partial charge in [0.05, 0.1) is 0 Å². The van der Waals surface area contributed by atoms with E-state index in [-0.39, 0.29) is 13.5 Å². The van der Waals surface area contributed by atoms with E-state index in [1.807, 2.05) is 0 Å². The zero-order chi connectivity index (χ0) is 2.71. The third-order valence-corrected chi connectivity index (χ3v) is 0. The van der Waals surface area contributed by atoms with Crippen molar-refractivity contribution in [1.29, 1.82) is 5.26 Å². The van der Waals surface area contributed by atoms with E-state index in [4.69, 9.17) is 5.26 Å². The van der Waals surface area contributed by atoms with Crippen LogP contribution in [0.25, 0.3) is 0 Å². The molecule has 4 heavy (non-hydrogen) atoms. The summed E-state index contributed by atoms with van der Waals surface area (Å²) in [5, 5.41) is 7.24. The molecule has 0 amide bonds. The Bertz CT molecular complexity index is 29.5. The largest absolute Gasteiger partial charge is 0.197 e. The van der Waals surface area contributed by atoms with Gasteiger partial charge in [0, 0.05) is 0 Å². The number of hydrogen-bond donors (Lipinski definition) is 0. The molecule has 0 saturated heterocycles. The zero-order valence-electron chi connectivity index (χ0n) is 1.83. The van der Waals surface area contributed by atoms with Crippen LogP contribution in [0.4, 0.5) is 0 Å². The first-order valence-electron chi connectivity index (χ1n) is 0.413. The van der Waals surface area contributed by atoms with Gasteiger partial charge in [-0.3, -0.25) is 0 Å². The Morgan fingerprint density at radius 1 is 1.75 bits per heavy atom. The van der Waals surface area contributed by atoms with Crippen LogP contribution < -0.4 is 0 Å². The molecule has 0 N–H and O–H groups in total. The van der Waals surface area contributed by atoms with Gasteiger partial charge in [0.15, 0.2) is 0 Å². The molecule has 0 heterocycles. The number of nitrogens with zero attached hydrogens (tertiary/aromatic N) is 1. The SMILES string of the molecule is N#[C][Mn].S. The third-order valence-electron chi connectivity index (χ3n) is 0. The second-order valence-corrected chi connectivity index (χ2v) is 0.348. The van der Waals surface area contributed by atoms with Crippen LogP contribution in [-0.4, -0.2) is 0 Å². The molecule has 0 aromatic rings. The molecule has 0 aromatic heterocycles. The van der Waals surface area contributed by atoms with Crippen LogP contribution in [0.5, 0.6) is 0 Å². The number of nitriles is 1. The van der Waals surface area contributed by atoms with Crippen molar-refractivity contribution in [2.24, 2.45) is 0 Å². The van der Waals surface area contributed by atoms with E-state index in [0.717, 1.165) is 0 Å². The van der Waals surface area contributed by atoms with Gasteiger partial charge >= 0.3 is 26.2 Å². The van der Waals surface area contributed by atoms with Gasteiger partial charge in [-0.25, -0.2) is 0 Å². The standard InChI is InChI=1S/CN.Mn.H2S/c1-2;;/h;;1H2. The van der Waals surface area contributed by atoms with E-state index in [1.165, 1.54) is 0 Å². The summed E-state index contributed by atoms with van der Waals surface area (Å²) in [5.74, 6) is 0. The van der Waals surface area contributed by atoms with E-state index in [0.29, 0.717) is 0 Å². The van der Waals surface area contributed by atoms with E-state index in [9.17, 15) is 0 Å². The van der Waals surface area contributed by atoms with Crippen molar-refractivity contribution in [1.82, 2.24) is 0 Å². The van der Waals surface area contributed by atoms with Gasteiger partial charge in [0.25, 0.3) is 0 Å². The molecule has 24 valence electrons. The molecule has 1 nitrogen and oxygen atoms in total. The minimum atomic E-state index is 0. The van der Waals surface area contributed by atoms with E-state index in [1.54, 1.807) is 4.97 Å². The van der Waals surface area contributed by atoms with Crippen LogP contribution in [0.15, 0.2) is 0 Å². The number of rotatable bonds is 0. The molecule has 0 spiro atoms. The summed E-state index contributed by atoms with van der Waals surface area (Å²) in [5.41, 5.74) is 0. The van der Waals surface area contributed by atoms with Gasteiger partial charge in [-0.2, -0.15) is 13.5 Å². The minimum absolute atomic E-state index is 0. The summed E-state index contributed by atoms with van der Waals surface area (Å²) in [6.07, 6.45) is 0. The summed E-state index contributed by atoms with van der Waals surface area (Å²) in [6, 6.07) is 0. The predicted molar refractivity (Wildman–Crippen MR) is 16.0 cm³/mol. The topological polar surface area (TPSA) is 23.8 Å². The molecule has 0 atom stereocenters. The molecule has 3 heteroatoms. The monoisotopic (exact) mass is 115 g/mol. The van der Waals surface area contributed by atoms with Gasteiger partial charge in [-0.05, 0) is 0 Å². The smallest absolute Gasteiger partial charge is 0.197 e. The van der Waals surface area contributed by atoms with Gasteiger partial charge in [0.2, 0.25) is 0 Å². The van der Waals surface area contributed by atoms with Crippen molar-refractivity contribution in [3.63, 3.8) is 0 Å². The molecule has 0 unspecified atom stereocenters. The molecule has 0 radical (unpaired) electrons. The maximum atomic E-state index is 7.24. The van der Waals surface area contributed by atoms with Crippen molar-refractivity contribution in [2.75, 3.05) is 0 Å². The molecule has 0 aliphatic heterocycles. The minimum Gasteiger partial charge on any atom is -0.197 e. The molecular formula is CH2MnNS. The second-order valence-electron chi connectivity index (χ2n) is 0.0845. The summed E-state index contributed by atoms with van der Waals surface area (Å²) in [7, 11) is 0.